The summed E-state index contributed by atoms with van der Waals surface area (Å²) in [6, 6.07) is 16.9. The highest BCUT2D eigenvalue weighted by atomic mass is 16.5. The molecule has 1 aliphatic rings. The Balaban J connectivity index is 1.59. The van der Waals surface area contributed by atoms with Gasteiger partial charge in [-0.1, -0.05) is 30.3 Å². The Hall–Kier alpha value is -2.86. The molecular weight excluding hydrogens is 392 g/mol. The zero-order valence-corrected chi connectivity index (χ0v) is 18.5. The van der Waals surface area contributed by atoms with Gasteiger partial charge in [-0.05, 0) is 62.9 Å². The lowest BCUT2D eigenvalue weighted by Crippen LogP contribution is -2.54. The number of rotatable bonds is 8. The average Bonchev–Trinajstić information content (AvgIpc) is 2.80. The van der Waals surface area contributed by atoms with E-state index >= 15 is 0 Å². The number of ether oxygens (including phenoxy) is 2. The number of hydrogen-bond donors (Lipinski definition) is 1. The third kappa shape index (κ3) is 6.07. The summed E-state index contributed by atoms with van der Waals surface area (Å²) in [7, 11) is 1.36. The van der Waals surface area contributed by atoms with Crippen LogP contribution in [0.3, 0.4) is 0 Å². The molecule has 1 aliphatic heterocycles. The molecule has 0 aromatic heterocycles. The van der Waals surface area contributed by atoms with Crippen LogP contribution < -0.4 is 10.1 Å². The fraction of sp³-hybridized carbons (Fsp3) is 0.440. The number of piperidine rings is 1. The number of nitrogens with zero attached hydrogens (tertiary/aromatic N) is 1. The second kappa shape index (κ2) is 11.0. The summed E-state index contributed by atoms with van der Waals surface area (Å²) in [6.07, 6.45) is 2.96. The summed E-state index contributed by atoms with van der Waals surface area (Å²) in [4.78, 5) is 27.0. The van der Waals surface area contributed by atoms with Gasteiger partial charge in [0, 0.05) is 12.6 Å². The maximum atomic E-state index is 13.1. The molecule has 1 unspecified atom stereocenters. The molecule has 6 nitrogen and oxygen atoms in total. The molecule has 2 aromatic rings. The number of methoxy groups -OCH3 is 1. The van der Waals surface area contributed by atoms with Crippen LogP contribution in [0.1, 0.15) is 55.1 Å². The molecule has 1 fully saturated rings. The van der Waals surface area contributed by atoms with Gasteiger partial charge in [-0.2, -0.15) is 0 Å². The van der Waals surface area contributed by atoms with E-state index in [0.29, 0.717) is 24.8 Å². The summed E-state index contributed by atoms with van der Waals surface area (Å²) < 4.78 is 10.6. The van der Waals surface area contributed by atoms with Crippen molar-refractivity contribution < 1.29 is 19.1 Å². The first-order valence-electron chi connectivity index (χ1n) is 10.9. The minimum absolute atomic E-state index is 0.0378. The van der Waals surface area contributed by atoms with E-state index in [9.17, 15) is 9.59 Å². The second-order valence-corrected chi connectivity index (χ2v) is 8.04. The average molecular weight is 425 g/mol. The Morgan fingerprint density at radius 2 is 1.81 bits per heavy atom. The first-order valence-corrected chi connectivity index (χ1v) is 10.9. The maximum absolute atomic E-state index is 13.1. The van der Waals surface area contributed by atoms with Gasteiger partial charge in [-0.3, -0.25) is 9.69 Å². The van der Waals surface area contributed by atoms with Crippen molar-refractivity contribution in [1.29, 1.82) is 0 Å². The van der Waals surface area contributed by atoms with Gasteiger partial charge in [0.1, 0.15) is 12.4 Å². The monoisotopic (exact) mass is 424 g/mol. The molecule has 31 heavy (non-hydrogen) atoms. The van der Waals surface area contributed by atoms with Crippen molar-refractivity contribution in [1.82, 2.24) is 10.2 Å². The van der Waals surface area contributed by atoms with E-state index in [4.69, 9.17) is 9.47 Å². The van der Waals surface area contributed by atoms with E-state index in [2.05, 4.69) is 17.1 Å². The molecule has 6 heteroatoms. The van der Waals surface area contributed by atoms with Gasteiger partial charge in [-0.15, -0.1) is 0 Å². The van der Waals surface area contributed by atoms with Crippen molar-refractivity contribution in [3.05, 3.63) is 65.7 Å². The second-order valence-electron chi connectivity index (χ2n) is 8.04. The van der Waals surface area contributed by atoms with Gasteiger partial charge in [-0.25, -0.2) is 4.79 Å². The first-order chi connectivity index (χ1) is 15.0. The lowest BCUT2D eigenvalue weighted by atomic mass is 9.95. The molecule has 0 radical (unpaired) electrons. The highest BCUT2D eigenvalue weighted by Gasteiger charge is 2.33. The van der Waals surface area contributed by atoms with Crippen LogP contribution >= 0.6 is 0 Å². The number of likely N-dealkylation sites (tertiary alicyclic amines) is 1. The molecule has 0 bridgehead atoms. The normalized spacial score (nSPS) is 20.0. The van der Waals surface area contributed by atoms with Crippen LogP contribution in [0.25, 0.3) is 0 Å². The van der Waals surface area contributed by atoms with Crippen LogP contribution in [0.2, 0.25) is 0 Å². The number of carbonyl (C=O) groups is 2. The molecule has 1 amide bonds. The van der Waals surface area contributed by atoms with Gasteiger partial charge in [0.2, 0.25) is 5.91 Å². The Bertz CT molecular complexity index is 854. The van der Waals surface area contributed by atoms with Crippen LogP contribution in [0.5, 0.6) is 5.75 Å². The largest absolute Gasteiger partial charge is 0.492 e. The smallest absolute Gasteiger partial charge is 0.337 e. The van der Waals surface area contributed by atoms with Crippen molar-refractivity contribution in [2.75, 3.05) is 20.3 Å². The summed E-state index contributed by atoms with van der Waals surface area (Å²) in [6.45, 7) is 5.39. The number of amides is 1. The molecule has 0 aliphatic carbocycles. The van der Waals surface area contributed by atoms with Gasteiger partial charge >= 0.3 is 5.97 Å². The molecule has 2 aromatic carbocycles. The maximum Gasteiger partial charge on any atom is 0.337 e. The van der Waals surface area contributed by atoms with Crippen LogP contribution in [0, 0.1) is 0 Å². The Morgan fingerprint density at radius 3 is 2.48 bits per heavy atom. The van der Waals surface area contributed by atoms with E-state index in [1.54, 1.807) is 12.1 Å². The quantitative estimate of drug-likeness (QED) is 0.650. The molecule has 1 N–H and O–H groups in total. The SMILES string of the molecule is COC(=O)c1ccc([C@H](C)NC(=O)C2CCC[C@H](C)N2CCOc2ccccc2)cc1. The fourth-order valence-electron chi connectivity index (χ4n) is 4.11. The number of para-hydroxylation sites is 1. The standard InChI is InChI=1S/C25H32N2O4/c1-18-8-7-11-23(27(18)16-17-31-22-9-5-4-6-10-22)24(28)26-19(2)20-12-14-21(15-13-20)25(29)30-3/h4-6,9-10,12-15,18-19,23H,7-8,11,16-17H2,1-3H3,(H,26,28)/t18-,19-,23?/m0/s1. The number of benzene rings is 2. The van der Waals surface area contributed by atoms with Crippen LogP contribution in [0.4, 0.5) is 0 Å². The van der Waals surface area contributed by atoms with Crippen LogP contribution in [-0.2, 0) is 9.53 Å². The summed E-state index contributed by atoms with van der Waals surface area (Å²) in [5, 5.41) is 3.15. The molecular formula is C25H32N2O4. The Kier molecular flexibility index (Phi) is 8.06. The summed E-state index contributed by atoms with van der Waals surface area (Å²) >= 11 is 0. The van der Waals surface area contributed by atoms with Crippen molar-refractivity contribution in [3.63, 3.8) is 0 Å². The Morgan fingerprint density at radius 1 is 1.10 bits per heavy atom. The van der Waals surface area contributed by atoms with Crippen LogP contribution in [-0.4, -0.2) is 49.1 Å². The van der Waals surface area contributed by atoms with Crippen molar-refractivity contribution in [3.8, 4) is 5.75 Å². The van der Waals surface area contributed by atoms with Gasteiger partial charge < -0.3 is 14.8 Å². The zero-order valence-electron chi connectivity index (χ0n) is 18.5. The number of esters is 1. The van der Waals surface area contributed by atoms with Crippen molar-refractivity contribution in [2.24, 2.45) is 0 Å². The van der Waals surface area contributed by atoms with E-state index in [1.807, 2.05) is 49.4 Å². The van der Waals surface area contributed by atoms with E-state index in [-0.39, 0.29) is 24.0 Å². The summed E-state index contributed by atoms with van der Waals surface area (Å²) in [5.41, 5.74) is 1.44. The zero-order chi connectivity index (χ0) is 22.2. The predicted molar refractivity (Wildman–Crippen MR) is 120 cm³/mol. The minimum Gasteiger partial charge on any atom is -0.492 e. The van der Waals surface area contributed by atoms with Gasteiger partial charge in [0.05, 0.1) is 24.8 Å². The van der Waals surface area contributed by atoms with Crippen LogP contribution in [0.15, 0.2) is 54.6 Å². The highest BCUT2D eigenvalue weighted by molar-refractivity contribution is 5.89. The highest BCUT2D eigenvalue weighted by Crippen LogP contribution is 2.24. The number of carbonyl (C=O) groups excluding carboxylic acids is 2. The fourth-order valence-corrected chi connectivity index (χ4v) is 4.11. The lowest BCUT2D eigenvalue weighted by Gasteiger charge is -2.40. The predicted octanol–water partition coefficient (Wildman–Crippen LogP) is 3.97. The number of nitrogens with one attached hydrogen (secondary N) is 1. The van der Waals surface area contributed by atoms with E-state index in [0.717, 1.165) is 30.6 Å². The molecule has 3 rings (SSSR count). The molecule has 0 saturated carbocycles. The van der Waals surface area contributed by atoms with Gasteiger partial charge in [0.25, 0.3) is 0 Å². The van der Waals surface area contributed by atoms with Crippen molar-refractivity contribution >= 4 is 11.9 Å². The third-order valence-electron chi connectivity index (χ3n) is 5.92. The molecule has 166 valence electrons. The van der Waals surface area contributed by atoms with E-state index in [1.165, 1.54) is 7.11 Å². The molecule has 0 spiro atoms. The topological polar surface area (TPSA) is 67.9 Å². The summed E-state index contributed by atoms with van der Waals surface area (Å²) in [5.74, 6) is 0.515. The molecule has 3 atom stereocenters. The van der Waals surface area contributed by atoms with Gasteiger partial charge in [0.15, 0.2) is 0 Å². The lowest BCUT2D eigenvalue weighted by molar-refractivity contribution is -0.129. The Labute approximate surface area is 184 Å². The molecule has 1 heterocycles. The first kappa shape index (κ1) is 22.8. The molecule has 1 saturated heterocycles. The van der Waals surface area contributed by atoms with E-state index < -0.39 is 0 Å². The van der Waals surface area contributed by atoms with Crippen molar-refractivity contribution in [2.45, 2.75) is 51.2 Å². The minimum atomic E-state index is -0.368. The number of hydrogen-bond acceptors (Lipinski definition) is 5. The third-order valence-corrected chi connectivity index (χ3v) is 5.92.